The molecule has 0 saturated carbocycles. The number of fused-ring (bicyclic) bond motifs is 1. The highest BCUT2D eigenvalue weighted by Crippen LogP contribution is 2.27. The molecule has 30 heavy (non-hydrogen) atoms. The molecule has 1 aromatic carbocycles. The summed E-state index contributed by atoms with van der Waals surface area (Å²) < 4.78 is 0. The van der Waals surface area contributed by atoms with Gasteiger partial charge in [-0.05, 0) is 68.2 Å². The van der Waals surface area contributed by atoms with Crippen LogP contribution in [-0.4, -0.2) is 46.5 Å². The molecule has 1 N–H and O–H groups in total. The van der Waals surface area contributed by atoms with Crippen LogP contribution in [0.2, 0.25) is 0 Å². The van der Waals surface area contributed by atoms with Gasteiger partial charge < -0.3 is 10.0 Å². The number of carboxylic acids is 1. The van der Waals surface area contributed by atoms with E-state index in [-0.39, 0.29) is 11.5 Å². The molecule has 0 aliphatic carbocycles. The number of anilines is 1. The van der Waals surface area contributed by atoms with E-state index in [2.05, 4.69) is 16.8 Å². The molecule has 1 aromatic heterocycles. The van der Waals surface area contributed by atoms with Crippen LogP contribution in [0.4, 0.5) is 5.69 Å². The van der Waals surface area contributed by atoms with Crippen LogP contribution in [-0.2, 0) is 6.54 Å². The predicted octanol–water partition coefficient (Wildman–Crippen LogP) is 4.60. The largest absolute Gasteiger partial charge is 0.478 e. The van der Waals surface area contributed by atoms with E-state index in [1.54, 1.807) is 42.7 Å². The molecule has 0 atom stereocenters. The van der Waals surface area contributed by atoms with E-state index in [0.29, 0.717) is 18.7 Å². The van der Waals surface area contributed by atoms with Crippen LogP contribution in [0.15, 0.2) is 42.7 Å². The molecule has 1 aliphatic heterocycles. The summed E-state index contributed by atoms with van der Waals surface area (Å²) in [6.45, 7) is 5.36. The van der Waals surface area contributed by atoms with Gasteiger partial charge in [0.25, 0.3) is 5.91 Å². The van der Waals surface area contributed by atoms with Crippen LogP contribution in [0, 0.1) is 0 Å². The van der Waals surface area contributed by atoms with E-state index in [9.17, 15) is 14.7 Å². The number of benzene rings is 1. The Balaban J connectivity index is 2.03. The number of rotatable bonds is 4. The summed E-state index contributed by atoms with van der Waals surface area (Å²) in [6, 6.07) is 8.59. The third-order valence-electron chi connectivity index (χ3n) is 5.58. The van der Waals surface area contributed by atoms with Crippen LogP contribution < -0.4 is 4.90 Å². The number of carboxylic acid groups (broad SMARTS) is 1. The Morgan fingerprint density at radius 2 is 1.67 bits per heavy atom. The highest BCUT2D eigenvalue weighted by atomic mass is 16.4. The lowest BCUT2D eigenvalue weighted by Gasteiger charge is -2.29. The van der Waals surface area contributed by atoms with E-state index in [0.717, 1.165) is 50.0 Å². The van der Waals surface area contributed by atoms with Crippen LogP contribution in [0.5, 0.6) is 0 Å². The fraction of sp³-hybridized carbons (Fsp3) is 0.458. The molecule has 1 amide bonds. The molecule has 0 unspecified atom stereocenters. The summed E-state index contributed by atoms with van der Waals surface area (Å²) >= 11 is 0. The highest BCUT2D eigenvalue weighted by molar-refractivity contribution is 6.06. The van der Waals surface area contributed by atoms with E-state index in [1.165, 1.54) is 12.8 Å². The Kier molecular flexibility index (Phi) is 7.97. The van der Waals surface area contributed by atoms with Crippen molar-refractivity contribution in [2.45, 2.75) is 52.0 Å². The first-order valence-corrected chi connectivity index (χ1v) is 10.9. The molecule has 2 aromatic rings. The van der Waals surface area contributed by atoms with E-state index in [1.807, 2.05) is 4.90 Å². The fourth-order valence-electron chi connectivity index (χ4n) is 4.05. The van der Waals surface area contributed by atoms with Gasteiger partial charge in [-0.1, -0.05) is 26.2 Å². The molecule has 6 heteroatoms. The number of hydrogen-bond acceptors (Lipinski definition) is 4. The van der Waals surface area contributed by atoms with Gasteiger partial charge in [0, 0.05) is 36.7 Å². The molecule has 3 rings (SSSR count). The van der Waals surface area contributed by atoms with E-state index >= 15 is 0 Å². The van der Waals surface area contributed by atoms with Crippen molar-refractivity contribution in [3.05, 3.63) is 59.4 Å². The smallest absolute Gasteiger partial charge is 0.335 e. The zero-order valence-corrected chi connectivity index (χ0v) is 17.7. The Labute approximate surface area is 178 Å². The van der Waals surface area contributed by atoms with Crippen LogP contribution in [0.3, 0.4) is 0 Å². The zero-order valence-electron chi connectivity index (χ0n) is 17.7. The monoisotopic (exact) mass is 409 g/mol. The lowest BCUT2D eigenvalue weighted by Crippen LogP contribution is -2.34. The van der Waals surface area contributed by atoms with Gasteiger partial charge in [-0.15, -0.1) is 0 Å². The first-order valence-electron chi connectivity index (χ1n) is 10.9. The molecule has 160 valence electrons. The minimum Gasteiger partial charge on any atom is -0.478 e. The third kappa shape index (κ3) is 5.66. The van der Waals surface area contributed by atoms with Gasteiger partial charge >= 0.3 is 5.97 Å². The van der Waals surface area contributed by atoms with Crippen molar-refractivity contribution in [3.8, 4) is 0 Å². The first-order chi connectivity index (χ1) is 14.6. The van der Waals surface area contributed by atoms with Crippen LogP contribution >= 0.6 is 0 Å². The number of carbonyl (C=O) groups excluding carboxylic acids is 1. The number of nitrogens with zero attached hydrogens (tertiary/aromatic N) is 3. The minimum absolute atomic E-state index is 0.0687. The Morgan fingerprint density at radius 1 is 0.967 bits per heavy atom. The van der Waals surface area contributed by atoms with E-state index < -0.39 is 5.97 Å². The van der Waals surface area contributed by atoms with Crippen LogP contribution in [0.1, 0.15) is 71.7 Å². The SMILES string of the molecule is CCCN1CCCCCCCN(C(=O)c2ccncc2)c2ccc(C(=O)O)cc2C1. The van der Waals surface area contributed by atoms with Crippen molar-refractivity contribution < 1.29 is 14.7 Å². The van der Waals surface area contributed by atoms with Crippen molar-refractivity contribution in [2.24, 2.45) is 0 Å². The Morgan fingerprint density at radius 3 is 2.37 bits per heavy atom. The van der Waals surface area contributed by atoms with Gasteiger partial charge in [0.1, 0.15) is 0 Å². The standard InChI is InChI=1S/C24H31N3O3/c1-2-14-26-15-6-4-3-5-7-16-27(23(28)19-10-12-25-13-11-19)22-9-8-20(24(29)30)17-21(22)18-26/h8-13,17H,2-7,14-16,18H2,1H3,(H,29,30). The lowest BCUT2D eigenvalue weighted by atomic mass is 10.0. The molecule has 6 nitrogen and oxygen atoms in total. The number of carbonyl (C=O) groups is 2. The second-order valence-electron chi connectivity index (χ2n) is 7.89. The van der Waals surface area contributed by atoms with Crippen molar-refractivity contribution in [2.75, 3.05) is 24.5 Å². The van der Waals surface area contributed by atoms with Crippen molar-refractivity contribution in [1.82, 2.24) is 9.88 Å². The van der Waals surface area contributed by atoms with Gasteiger partial charge in [0.15, 0.2) is 0 Å². The molecule has 0 saturated heterocycles. The Bertz CT molecular complexity index is 854. The second-order valence-corrected chi connectivity index (χ2v) is 7.89. The molecular weight excluding hydrogens is 378 g/mol. The van der Waals surface area contributed by atoms with Crippen molar-refractivity contribution in [3.63, 3.8) is 0 Å². The summed E-state index contributed by atoms with van der Waals surface area (Å²) in [5, 5.41) is 9.52. The maximum absolute atomic E-state index is 13.4. The highest BCUT2D eigenvalue weighted by Gasteiger charge is 2.22. The predicted molar refractivity (Wildman–Crippen MR) is 118 cm³/mol. The summed E-state index contributed by atoms with van der Waals surface area (Å²) in [7, 11) is 0. The molecular formula is C24H31N3O3. The number of aromatic nitrogens is 1. The Hall–Kier alpha value is -2.73. The number of pyridine rings is 1. The molecule has 0 spiro atoms. The molecule has 0 radical (unpaired) electrons. The van der Waals surface area contributed by atoms with Gasteiger partial charge in [0.2, 0.25) is 0 Å². The number of amides is 1. The summed E-state index contributed by atoms with van der Waals surface area (Å²) in [6.07, 6.45) is 9.79. The average Bonchev–Trinajstić information content (AvgIpc) is 2.75. The maximum atomic E-state index is 13.4. The minimum atomic E-state index is -0.946. The molecule has 1 aliphatic rings. The second kappa shape index (κ2) is 10.9. The summed E-state index contributed by atoms with van der Waals surface area (Å²) in [5.74, 6) is -1.02. The maximum Gasteiger partial charge on any atom is 0.335 e. The average molecular weight is 410 g/mol. The van der Waals surface area contributed by atoms with Gasteiger partial charge in [-0.2, -0.15) is 0 Å². The van der Waals surface area contributed by atoms with Gasteiger partial charge in [-0.3, -0.25) is 14.7 Å². The van der Waals surface area contributed by atoms with Crippen molar-refractivity contribution in [1.29, 1.82) is 0 Å². The summed E-state index contributed by atoms with van der Waals surface area (Å²) in [4.78, 5) is 33.2. The van der Waals surface area contributed by atoms with Gasteiger partial charge in [0.05, 0.1) is 5.56 Å². The summed E-state index contributed by atoms with van der Waals surface area (Å²) in [5.41, 5.74) is 2.55. The number of aromatic carboxylic acids is 1. The first kappa shape index (κ1) is 22.0. The normalized spacial score (nSPS) is 16.2. The number of hydrogen-bond donors (Lipinski definition) is 1. The lowest BCUT2D eigenvalue weighted by molar-refractivity contribution is 0.0696. The van der Waals surface area contributed by atoms with Crippen LogP contribution in [0.25, 0.3) is 0 Å². The fourth-order valence-corrected chi connectivity index (χ4v) is 4.05. The molecule has 2 heterocycles. The zero-order chi connectivity index (χ0) is 21.3. The third-order valence-corrected chi connectivity index (χ3v) is 5.58. The molecule has 0 bridgehead atoms. The quantitative estimate of drug-likeness (QED) is 0.799. The molecule has 0 fully saturated rings. The van der Waals surface area contributed by atoms with E-state index in [4.69, 9.17) is 0 Å². The topological polar surface area (TPSA) is 73.7 Å². The van der Waals surface area contributed by atoms with Gasteiger partial charge in [-0.25, -0.2) is 4.79 Å². The van der Waals surface area contributed by atoms with Crippen molar-refractivity contribution >= 4 is 17.6 Å².